The van der Waals surface area contributed by atoms with E-state index in [0.29, 0.717) is 19.7 Å². The largest absolute Gasteiger partial charge is 0.375 e. The molecule has 0 aliphatic carbocycles. The molecule has 0 radical (unpaired) electrons. The van der Waals surface area contributed by atoms with Crippen molar-refractivity contribution >= 4 is 17.4 Å². The number of nitrogens with one attached hydrogen (secondary N) is 1. The molecule has 2 heterocycles. The number of carbonyl (C=O) groups is 1. The highest BCUT2D eigenvalue weighted by atomic mass is 16.5. The fourth-order valence-electron chi connectivity index (χ4n) is 3.35. The van der Waals surface area contributed by atoms with Crippen LogP contribution in [0.1, 0.15) is 20.8 Å². The summed E-state index contributed by atoms with van der Waals surface area (Å²) in [7, 11) is 0. The van der Waals surface area contributed by atoms with Gasteiger partial charge in [-0.15, -0.1) is 0 Å². The maximum absolute atomic E-state index is 12.3. The van der Waals surface area contributed by atoms with Crippen molar-refractivity contribution in [2.75, 3.05) is 43.0 Å². The second kappa shape index (κ2) is 7.40. The van der Waals surface area contributed by atoms with Gasteiger partial charge in [0.1, 0.15) is 0 Å². The maximum Gasteiger partial charge on any atom is 0.322 e. The molecule has 0 aromatic heterocycles. The molecule has 2 aliphatic rings. The minimum Gasteiger partial charge on any atom is -0.375 e. The Bertz CT molecular complexity index is 553. The molecule has 132 valence electrons. The second-order valence-corrected chi connectivity index (χ2v) is 6.77. The van der Waals surface area contributed by atoms with Crippen LogP contribution in [0.3, 0.4) is 0 Å². The van der Waals surface area contributed by atoms with Crippen LogP contribution in [-0.2, 0) is 9.47 Å². The van der Waals surface area contributed by atoms with Gasteiger partial charge in [0, 0.05) is 37.6 Å². The first-order chi connectivity index (χ1) is 11.5. The van der Waals surface area contributed by atoms with Gasteiger partial charge in [-0.2, -0.15) is 0 Å². The lowest BCUT2D eigenvalue weighted by molar-refractivity contribution is -0.00522. The zero-order chi connectivity index (χ0) is 17.1. The molecular formula is C18H27N3O3. The molecule has 24 heavy (non-hydrogen) atoms. The Hall–Kier alpha value is -1.79. The zero-order valence-electron chi connectivity index (χ0n) is 14.7. The van der Waals surface area contributed by atoms with E-state index in [0.717, 1.165) is 24.5 Å². The van der Waals surface area contributed by atoms with Crippen LogP contribution in [0, 0.1) is 0 Å². The van der Waals surface area contributed by atoms with Crippen molar-refractivity contribution in [3.8, 4) is 0 Å². The summed E-state index contributed by atoms with van der Waals surface area (Å²) >= 11 is 0. The van der Waals surface area contributed by atoms with Gasteiger partial charge in [0.05, 0.1) is 24.9 Å². The van der Waals surface area contributed by atoms with Crippen LogP contribution in [0.15, 0.2) is 24.3 Å². The van der Waals surface area contributed by atoms with Crippen LogP contribution in [0.4, 0.5) is 16.2 Å². The quantitative estimate of drug-likeness (QED) is 0.904. The Morgan fingerprint density at radius 3 is 2.33 bits per heavy atom. The van der Waals surface area contributed by atoms with Gasteiger partial charge < -0.3 is 24.6 Å². The molecule has 1 aromatic rings. The number of hydrogen-bond donors (Lipinski definition) is 1. The standard InChI is InChI=1S/C18H27N3O3/c1-13-10-20(8-9-23-13)18(22)19-16-4-6-17(7-5-16)21-11-14(2)24-15(3)12-21/h4-7,13-15H,8-12H2,1-3H3,(H,19,22)/t13-,14-,15+/m0/s1. The summed E-state index contributed by atoms with van der Waals surface area (Å²) in [6.07, 6.45) is 0.560. The fraction of sp³-hybridized carbons (Fsp3) is 0.611. The summed E-state index contributed by atoms with van der Waals surface area (Å²) in [6, 6.07) is 7.97. The molecule has 0 bridgehead atoms. The number of amides is 2. The minimum absolute atomic E-state index is 0.0634. The Kier molecular flexibility index (Phi) is 5.26. The van der Waals surface area contributed by atoms with Crippen LogP contribution >= 0.6 is 0 Å². The van der Waals surface area contributed by atoms with Gasteiger partial charge in [0.15, 0.2) is 0 Å². The van der Waals surface area contributed by atoms with Crippen LogP contribution in [0.5, 0.6) is 0 Å². The molecule has 2 saturated heterocycles. The first-order valence-electron chi connectivity index (χ1n) is 8.69. The third-order valence-corrected chi connectivity index (χ3v) is 4.43. The first-order valence-corrected chi connectivity index (χ1v) is 8.69. The molecule has 6 heteroatoms. The van der Waals surface area contributed by atoms with Crippen LogP contribution < -0.4 is 10.2 Å². The molecule has 0 spiro atoms. The second-order valence-electron chi connectivity index (χ2n) is 6.77. The first kappa shape index (κ1) is 17.0. The van der Waals surface area contributed by atoms with Crippen molar-refractivity contribution < 1.29 is 14.3 Å². The van der Waals surface area contributed by atoms with E-state index < -0.39 is 0 Å². The van der Waals surface area contributed by atoms with Crippen LogP contribution in [0.2, 0.25) is 0 Å². The van der Waals surface area contributed by atoms with Crippen molar-refractivity contribution in [2.45, 2.75) is 39.1 Å². The van der Waals surface area contributed by atoms with Crippen LogP contribution in [0.25, 0.3) is 0 Å². The van der Waals surface area contributed by atoms with E-state index in [9.17, 15) is 4.79 Å². The summed E-state index contributed by atoms with van der Waals surface area (Å²) in [6.45, 7) is 9.83. The number of rotatable bonds is 2. The number of hydrogen-bond acceptors (Lipinski definition) is 4. The number of anilines is 2. The molecule has 1 aromatic carbocycles. The Balaban J connectivity index is 1.59. The van der Waals surface area contributed by atoms with Crippen molar-refractivity contribution in [1.82, 2.24) is 4.90 Å². The highest BCUT2D eigenvalue weighted by Gasteiger charge is 2.23. The van der Waals surface area contributed by atoms with Crippen molar-refractivity contribution in [3.63, 3.8) is 0 Å². The van der Waals surface area contributed by atoms with Gasteiger partial charge in [-0.3, -0.25) is 0 Å². The van der Waals surface area contributed by atoms with Gasteiger partial charge in [0.2, 0.25) is 0 Å². The predicted octanol–water partition coefficient (Wildman–Crippen LogP) is 2.55. The monoisotopic (exact) mass is 333 g/mol. The number of ether oxygens (including phenoxy) is 2. The highest BCUT2D eigenvalue weighted by molar-refractivity contribution is 5.89. The average molecular weight is 333 g/mol. The van der Waals surface area contributed by atoms with Gasteiger partial charge in [0.25, 0.3) is 0 Å². The lowest BCUT2D eigenvalue weighted by Gasteiger charge is -2.37. The predicted molar refractivity (Wildman–Crippen MR) is 94.7 cm³/mol. The number of benzene rings is 1. The van der Waals surface area contributed by atoms with E-state index in [-0.39, 0.29) is 24.3 Å². The lowest BCUT2D eigenvalue weighted by Crippen LogP contribution is -2.46. The molecule has 6 nitrogen and oxygen atoms in total. The topological polar surface area (TPSA) is 54.0 Å². The van der Waals surface area contributed by atoms with Crippen molar-refractivity contribution in [1.29, 1.82) is 0 Å². The summed E-state index contributed by atoms with van der Waals surface area (Å²) in [4.78, 5) is 16.4. The van der Waals surface area contributed by atoms with E-state index in [1.807, 2.05) is 19.1 Å². The molecule has 0 unspecified atom stereocenters. The number of morpholine rings is 2. The Labute approximate surface area is 143 Å². The molecule has 1 N–H and O–H groups in total. The van der Waals surface area contributed by atoms with Gasteiger partial charge >= 0.3 is 6.03 Å². The third kappa shape index (κ3) is 4.19. The summed E-state index contributed by atoms with van der Waals surface area (Å²) in [5.41, 5.74) is 1.98. The molecule has 2 fully saturated rings. The maximum atomic E-state index is 12.3. The third-order valence-electron chi connectivity index (χ3n) is 4.43. The van der Waals surface area contributed by atoms with Crippen molar-refractivity contribution in [3.05, 3.63) is 24.3 Å². The highest BCUT2D eigenvalue weighted by Crippen LogP contribution is 2.22. The smallest absolute Gasteiger partial charge is 0.322 e. The molecule has 2 amide bonds. The van der Waals surface area contributed by atoms with E-state index in [1.54, 1.807) is 4.90 Å². The normalized spacial score (nSPS) is 27.9. The van der Waals surface area contributed by atoms with Crippen LogP contribution in [-0.4, -0.2) is 62.0 Å². The molecular weight excluding hydrogens is 306 g/mol. The minimum atomic E-state index is -0.0634. The van der Waals surface area contributed by atoms with E-state index in [2.05, 4.69) is 36.2 Å². The molecule has 0 saturated carbocycles. The number of urea groups is 1. The van der Waals surface area contributed by atoms with E-state index in [4.69, 9.17) is 9.47 Å². The van der Waals surface area contributed by atoms with Gasteiger partial charge in [-0.25, -0.2) is 4.79 Å². The fourth-order valence-corrected chi connectivity index (χ4v) is 3.35. The van der Waals surface area contributed by atoms with Crippen molar-refractivity contribution in [2.24, 2.45) is 0 Å². The molecule has 2 aliphatic heterocycles. The summed E-state index contributed by atoms with van der Waals surface area (Å²) in [5, 5.41) is 2.97. The Morgan fingerprint density at radius 2 is 1.71 bits per heavy atom. The van der Waals surface area contributed by atoms with Gasteiger partial charge in [-0.1, -0.05) is 0 Å². The molecule has 3 atom stereocenters. The van der Waals surface area contributed by atoms with E-state index in [1.165, 1.54) is 0 Å². The summed E-state index contributed by atoms with van der Waals surface area (Å²) in [5.74, 6) is 0. The zero-order valence-corrected chi connectivity index (χ0v) is 14.7. The molecule has 3 rings (SSSR count). The Morgan fingerprint density at radius 1 is 1.04 bits per heavy atom. The van der Waals surface area contributed by atoms with Gasteiger partial charge in [-0.05, 0) is 45.0 Å². The van der Waals surface area contributed by atoms with E-state index >= 15 is 0 Å². The SMILES string of the molecule is C[C@@H]1CN(c2ccc(NC(=O)N3CCO[C@@H](C)C3)cc2)C[C@H](C)O1. The number of carbonyl (C=O) groups excluding carboxylic acids is 1. The summed E-state index contributed by atoms with van der Waals surface area (Å²) < 4.78 is 11.2. The lowest BCUT2D eigenvalue weighted by atomic mass is 10.2. The number of nitrogens with zero attached hydrogens (tertiary/aromatic N) is 2. The average Bonchev–Trinajstić information content (AvgIpc) is 2.54.